The predicted molar refractivity (Wildman–Crippen MR) is 84.3 cm³/mol. The van der Waals surface area contributed by atoms with Crippen LogP contribution in [0.5, 0.6) is 0 Å². The Morgan fingerprint density at radius 2 is 2.18 bits per heavy atom. The van der Waals surface area contributed by atoms with Crippen molar-refractivity contribution in [3.63, 3.8) is 0 Å². The van der Waals surface area contributed by atoms with Gasteiger partial charge in [0.05, 0.1) is 5.54 Å². The summed E-state index contributed by atoms with van der Waals surface area (Å²) in [6.45, 7) is 5.54. The average molecular weight is 303 g/mol. The number of aryl methyl sites for hydroxylation is 1. The molecule has 1 heterocycles. The van der Waals surface area contributed by atoms with Crippen molar-refractivity contribution in [1.29, 1.82) is 0 Å². The number of carbonyl (C=O) groups excluding carboxylic acids is 1. The molecule has 5 nitrogen and oxygen atoms in total. The molecule has 0 spiro atoms. The van der Waals surface area contributed by atoms with Gasteiger partial charge in [0.15, 0.2) is 0 Å². The standard InChI is InChI=1S/C17H25N3O2/c1-10-6-14(21)19-16(18-10)17(2,3)20-15(22)9-13-8-11-4-5-12(13)7-11/h6,11-13H,4-5,7-9H2,1-3H3,(H,20,22)(H,18,19,21). The van der Waals surface area contributed by atoms with E-state index in [4.69, 9.17) is 0 Å². The van der Waals surface area contributed by atoms with Crippen LogP contribution in [0.25, 0.3) is 0 Å². The fraction of sp³-hybridized carbons (Fsp3) is 0.706. The van der Waals surface area contributed by atoms with E-state index in [1.54, 1.807) is 6.92 Å². The van der Waals surface area contributed by atoms with Gasteiger partial charge in [-0.15, -0.1) is 0 Å². The summed E-state index contributed by atoms with van der Waals surface area (Å²) in [5.41, 5.74) is -0.188. The molecule has 120 valence electrons. The summed E-state index contributed by atoms with van der Waals surface area (Å²) in [6.07, 6.45) is 5.76. The molecule has 5 heteroatoms. The number of aromatic nitrogens is 2. The van der Waals surface area contributed by atoms with Crippen molar-refractivity contribution in [1.82, 2.24) is 15.3 Å². The highest BCUT2D eigenvalue weighted by molar-refractivity contribution is 5.77. The SMILES string of the molecule is Cc1cc(=O)[nH]c(C(C)(C)NC(=O)CC2CC3CCC2C3)n1. The number of hydrogen-bond donors (Lipinski definition) is 2. The Kier molecular flexibility index (Phi) is 3.83. The van der Waals surface area contributed by atoms with Crippen molar-refractivity contribution >= 4 is 5.91 Å². The Morgan fingerprint density at radius 1 is 1.41 bits per heavy atom. The van der Waals surface area contributed by atoms with Gasteiger partial charge in [-0.2, -0.15) is 0 Å². The minimum atomic E-state index is -0.667. The van der Waals surface area contributed by atoms with E-state index >= 15 is 0 Å². The van der Waals surface area contributed by atoms with Crippen molar-refractivity contribution in [2.24, 2.45) is 17.8 Å². The van der Waals surface area contributed by atoms with Crippen molar-refractivity contribution in [3.8, 4) is 0 Å². The van der Waals surface area contributed by atoms with Crippen LogP contribution in [0.15, 0.2) is 10.9 Å². The smallest absolute Gasteiger partial charge is 0.251 e. The first kappa shape index (κ1) is 15.3. The maximum absolute atomic E-state index is 12.4. The van der Waals surface area contributed by atoms with E-state index in [0.717, 1.165) is 11.8 Å². The summed E-state index contributed by atoms with van der Waals surface area (Å²) in [5, 5.41) is 3.04. The second-order valence-electron chi connectivity index (χ2n) is 7.55. The molecule has 1 amide bonds. The number of nitrogens with zero attached hydrogens (tertiary/aromatic N) is 1. The van der Waals surface area contributed by atoms with Crippen LogP contribution in [0.2, 0.25) is 0 Å². The Hall–Kier alpha value is -1.65. The molecule has 2 N–H and O–H groups in total. The first-order valence-electron chi connectivity index (χ1n) is 8.23. The summed E-state index contributed by atoms with van der Waals surface area (Å²) in [7, 11) is 0. The molecule has 3 atom stereocenters. The van der Waals surface area contributed by atoms with Gasteiger partial charge in [0, 0.05) is 18.2 Å². The number of rotatable bonds is 4. The minimum absolute atomic E-state index is 0.0618. The Balaban J connectivity index is 1.65. The van der Waals surface area contributed by atoms with Crippen LogP contribution >= 0.6 is 0 Å². The van der Waals surface area contributed by atoms with E-state index in [2.05, 4.69) is 15.3 Å². The highest BCUT2D eigenvalue weighted by Crippen LogP contribution is 2.49. The third-order valence-electron chi connectivity index (χ3n) is 5.25. The van der Waals surface area contributed by atoms with Crippen LogP contribution in [0, 0.1) is 24.7 Å². The lowest BCUT2D eigenvalue weighted by molar-refractivity contribution is -0.124. The fourth-order valence-corrected chi connectivity index (χ4v) is 4.20. The highest BCUT2D eigenvalue weighted by Gasteiger charge is 2.40. The van der Waals surface area contributed by atoms with Crippen LogP contribution < -0.4 is 10.9 Å². The molecule has 1 aromatic rings. The molecular weight excluding hydrogens is 278 g/mol. The van der Waals surface area contributed by atoms with Crippen LogP contribution in [0.4, 0.5) is 0 Å². The number of hydrogen-bond acceptors (Lipinski definition) is 3. The van der Waals surface area contributed by atoms with Crippen LogP contribution in [-0.2, 0) is 10.3 Å². The molecule has 1 aromatic heterocycles. The zero-order chi connectivity index (χ0) is 15.9. The van der Waals surface area contributed by atoms with E-state index < -0.39 is 5.54 Å². The van der Waals surface area contributed by atoms with Gasteiger partial charge in [0.2, 0.25) is 5.91 Å². The third kappa shape index (κ3) is 3.08. The first-order valence-corrected chi connectivity index (χ1v) is 8.23. The topological polar surface area (TPSA) is 74.8 Å². The molecule has 22 heavy (non-hydrogen) atoms. The van der Waals surface area contributed by atoms with Gasteiger partial charge in [-0.3, -0.25) is 9.59 Å². The van der Waals surface area contributed by atoms with Gasteiger partial charge >= 0.3 is 0 Å². The summed E-state index contributed by atoms with van der Waals surface area (Å²) in [5.74, 6) is 2.71. The number of fused-ring (bicyclic) bond motifs is 2. The molecule has 0 radical (unpaired) electrons. The highest BCUT2D eigenvalue weighted by atomic mass is 16.1. The molecule has 2 aliphatic carbocycles. The summed E-state index contributed by atoms with van der Waals surface area (Å²) in [6, 6.07) is 1.46. The lowest BCUT2D eigenvalue weighted by atomic mass is 9.86. The lowest BCUT2D eigenvalue weighted by Gasteiger charge is -2.27. The van der Waals surface area contributed by atoms with Crippen molar-refractivity contribution in [3.05, 3.63) is 27.9 Å². The number of carbonyl (C=O) groups is 1. The molecule has 2 bridgehead atoms. The van der Waals surface area contributed by atoms with Gasteiger partial charge in [-0.05, 0) is 57.8 Å². The predicted octanol–water partition coefficient (Wildman–Crippen LogP) is 2.26. The number of nitrogens with one attached hydrogen (secondary N) is 2. The van der Waals surface area contributed by atoms with Crippen LogP contribution in [0.1, 0.15) is 57.5 Å². The molecular formula is C17H25N3O2. The molecule has 2 saturated carbocycles. The molecule has 3 unspecified atom stereocenters. The molecule has 0 aliphatic heterocycles. The maximum Gasteiger partial charge on any atom is 0.251 e. The summed E-state index contributed by atoms with van der Waals surface area (Å²) < 4.78 is 0. The zero-order valence-electron chi connectivity index (χ0n) is 13.6. The van der Waals surface area contributed by atoms with E-state index in [9.17, 15) is 9.59 Å². The zero-order valence-corrected chi connectivity index (χ0v) is 13.6. The quantitative estimate of drug-likeness (QED) is 0.896. The summed E-state index contributed by atoms with van der Waals surface area (Å²) in [4.78, 5) is 31.1. The first-order chi connectivity index (χ1) is 10.3. The van der Waals surface area contributed by atoms with Crippen molar-refractivity contribution < 1.29 is 4.79 Å². The number of H-pyrrole nitrogens is 1. The van der Waals surface area contributed by atoms with E-state index in [1.807, 2.05) is 13.8 Å². The van der Waals surface area contributed by atoms with Crippen LogP contribution in [-0.4, -0.2) is 15.9 Å². The molecule has 2 aliphatic rings. The van der Waals surface area contributed by atoms with Gasteiger partial charge < -0.3 is 10.3 Å². The van der Waals surface area contributed by atoms with E-state index in [-0.39, 0.29) is 11.5 Å². The van der Waals surface area contributed by atoms with Gasteiger partial charge in [-0.1, -0.05) is 6.42 Å². The number of aromatic amines is 1. The molecule has 3 rings (SSSR count). The average Bonchev–Trinajstić information content (AvgIpc) is 2.98. The number of amides is 1. The Bertz CT molecular complexity index is 635. The fourth-order valence-electron chi connectivity index (χ4n) is 4.20. The monoisotopic (exact) mass is 303 g/mol. The van der Waals surface area contributed by atoms with Gasteiger partial charge in [0.1, 0.15) is 5.82 Å². The third-order valence-corrected chi connectivity index (χ3v) is 5.25. The molecule has 0 saturated heterocycles. The second kappa shape index (κ2) is 5.52. The summed E-state index contributed by atoms with van der Waals surface area (Å²) >= 11 is 0. The largest absolute Gasteiger partial charge is 0.344 e. The van der Waals surface area contributed by atoms with Gasteiger partial charge in [0.25, 0.3) is 5.56 Å². The molecule has 2 fully saturated rings. The Morgan fingerprint density at radius 3 is 2.77 bits per heavy atom. The molecule has 0 aromatic carbocycles. The normalized spacial score (nSPS) is 27.1. The second-order valence-corrected chi connectivity index (χ2v) is 7.55. The Labute approximate surface area is 130 Å². The van der Waals surface area contributed by atoms with Crippen molar-refractivity contribution in [2.75, 3.05) is 0 Å². The lowest BCUT2D eigenvalue weighted by Crippen LogP contribution is -2.44. The maximum atomic E-state index is 12.4. The van der Waals surface area contributed by atoms with E-state index in [0.29, 0.717) is 23.9 Å². The van der Waals surface area contributed by atoms with Crippen LogP contribution in [0.3, 0.4) is 0 Å². The van der Waals surface area contributed by atoms with Gasteiger partial charge in [-0.25, -0.2) is 4.98 Å². The minimum Gasteiger partial charge on any atom is -0.344 e. The van der Waals surface area contributed by atoms with Crippen molar-refractivity contribution in [2.45, 2.75) is 58.4 Å². The van der Waals surface area contributed by atoms with E-state index in [1.165, 1.54) is 31.7 Å².